The average Bonchev–Trinajstić information content (AvgIpc) is 3.26. The molecule has 0 spiro atoms. The number of H-pyrrole nitrogens is 1. The van der Waals surface area contributed by atoms with E-state index < -0.39 is 5.66 Å². The van der Waals surface area contributed by atoms with E-state index in [1.165, 1.54) is 10.9 Å². The van der Waals surface area contributed by atoms with Gasteiger partial charge in [-0.25, -0.2) is 4.98 Å². The number of nitrogens with zero attached hydrogens (tertiary/aromatic N) is 5. The molecule has 0 saturated heterocycles. The first-order chi connectivity index (χ1) is 12.0. The molecule has 0 atom stereocenters. The summed E-state index contributed by atoms with van der Waals surface area (Å²) in [5.74, 6) is 2.93. The van der Waals surface area contributed by atoms with Gasteiger partial charge >= 0.3 is 0 Å². The molecule has 0 fully saturated rings. The van der Waals surface area contributed by atoms with Gasteiger partial charge in [0.1, 0.15) is 11.2 Å². The lowest BCUT2D eigenvalue weighted by atomic mass is 10.0. The first-order valence-corrected chi connectivity index (χ1v) is 8.08. The first kappa shape index (κ1) is 16.8. The van der Waals surface area contributed by atoms with Crippen molar-refractivity contribution in [2.24, 2.45) is 17.3 Å². The van der Waals surface area contributed by atoms with Gasteiger partial charge in [-0.05, 0) is 0 Å². The SMILES string of the molecule is C#CCCC1(CCNC(=O)CCc2nc3c(cnn3C)c(=O)[nH]2)N=N1. The molecule has 9 heteroatoms. The lowest BCUT2D eigenvalue weighted by Crippen LogP contribution is -2.28. The Morgan fingerprint density at radius 1 is 1.44 bits per heavy atom. The number of aromatic amines is 1. The summed E-state index contributed by atoms with van der Waals surface area (Å²) >= 11 is 0. The number of hydrogen-bond donors (Lipinski definition) is 2. The second-order valence-corrected chi connectivity index (χ2v) is 6.00. The summed E-state index contributed by atoms with van der Waals surface area (Å²) in [5.41, 5.74) is -0.135. The van der Waals surface area contributed by atoms with Crippen LogP contribution >= 0.6 is 0 Å². The number of aryl methyl sites for hydroxylation is 2. The molecule has 1 aliphatic rings. The van der Waals surface area contributed by atoms with Gasteiger partial charge in [0.15, 0.2) is 11.3 Å². The maximum atomic E-state index is 12.0. The standard InChI is InChI=1S/C16H19N7O2/c1-3-4-7-16(21-22-16)8-9-17-13(24)6-5-12-19-14-11(15(25)20-12)10-18-23(14)2/h1,10H,4-9H2,2H3,(H,17,24)(H,19,20,25). The third-order valence-electron chi connectivity index (χ3n) is 4.14. The molecule has 0 radical (unpaired) electrons. The molecular formula is C16H19N7O2. The normalized spacial score (nSPS) is 14.4. The van der Waals surface area contributed by atoms with Crippen molar-refractivity contribution in [1.82, 2.24) is 25.1 Å². The van der Waals surface area contributed by atoms with Crippen LogP contribution in [0.3, 0.4) is 0 Å². The van der Waals surface area contributed by atoms with E-state index in [1.54, 1.807) is 7.05 Å². The van der Waals surface area contributed by atoms with Gasteiger partial charge in [-0.1, -0.05) is 0 Å². The fraction of sp³-hybridized carbons (Fsp3) is 0.500. The van der Waals surface area contributed by atoms with Crippen LogP contribution in [0.2, 0.25) is 0 Å². The Kier molecular flexibility index (Phi) is 4.61. The van der Waals surface area contributed by atoms with E-state index in [1.807, 2.05) is 0 Å². The Labute approximate surface area is 143 Å². The number of rotatable bonds is 8. The molecule has 0 aliphatic carbocycles. The van der Waals surface area contributed by atoms with Crippen molar-refractivity contribution in [2.75, 3.05) is 6.54 Å². The highest BCUT2D eigenvalue weighted by Gasteiger charge is 2.38. The van der Waals surface area contributed by atoms with Gasteiger partial charge in [-0.3, -0.25) is 14.3 Å². The third kappa shape index (κ3) is 3.91. The molecule has 2 aromatic rings. The van der Waals surface area contributed by atoms with Crippen molar-refractivity contribution >= 4 is 16.9 Å². The van der Waals surface area contributed by atoms with E-state index in [0.717, 1.165) is 6.42 Å². The van der Waals surface area contributed by atoms with Crippen molar-refractivity contribution in [2.45, 2.75) is 37.8 Å². The molecule has 3 rings (SSSR count). The summed E-state index contributed by atoms with van der Waals surface area (Å²) in [6.45, 7) is 0.487. The summed E-state index contributed by atoms with van der Waals surface area (Å²) in [6.07, 6.45) is 9.29. The Bertz CT molecular complexity index is 913. The smallest absolute Gasteiger partial charge is 0.262 e. The number of aromatic nitrogens is 4. The van der Waals surface area contributed by atoms with Crippen LogP contribution < -0.4 is 10.9 Å². The van der Waals surface area contributed by atoms with Crippen LogP contribution in [0.25, 0.3) is 11.0 Å². The summed E-state index contributed by atoms with van der Waals surface area (Å²) in [4.78, 5) is 30.9. The van der Waals surface area contributed by atoms with Gasteiger partial charge in [-0.2, -0.15) is 15.3 Å². The molecule has 0 aromatic carbocycles. The number of nitrogens with one attached hydrogen (secondary N) is 2. The maximum absolute atomic E-state index is 12.0. The maximum Gasteiger partial charge on any atom is 0.262 e. The molecule has 2 N–H and O–H groups in total. The van der Waals surface area contributed by atoms with E-state index in [9.17, 15) is 9.59 Å². The lowest BCUT2D eigenvalue weighted by Gasteiger charge is -2.09. The lowest BCUT2D eigenvalue weighted by molar-refractivity contribution is -0.121. The number of carbonyl (C=O) groups is 1. The quantitative estimate of drug-likeness (QED) is 0.686. The minimum Gasteiger partial charge on any atom is -0.356 e. The minimum atomic E-state index is -0.392. The highest BCUT2D eigenvalue weighted by molar-refractivity contribution is 5.76. The summed E-state index contributed by atoms with van der Waals surface area (Å²) in [6, 6.07) is 0. The number of carbonyl (C=O) groups excluding carboxylic acids is 1. The van der Waals surface area contributed by atoms with Gasteiger partial charge in [-0.15, -0.1) is 12.3 Å². The zero-order valence-electron chi connectivity index (χ0n) is 13.9. The van der Waals surface area contributed by atoms with E-state index in [0.29, 0.717) is 42.7 Å². The van der Waals surface area contributed by atoms with Crippen LogP contribution in [0.1, 0.15) is 31.5 Å². The van der Waals surface area contributed by atoms with E-state index in [2.05, 4.69) is 36.5 Å². The Morgan fingerprint density at radius 2 is 2.24 bits per heavy atom. The monoisotopic (exact) mass is 341 g/mol. The molecule has 3 heterocycles. The number of terminal acetylenes is 1. The van der Waals surface area contributed by atoms with Crippen LogP contribution in [0.4, 0.5) is 0 Å². The number of fused-ring (bicyclic) bond motifs is 1. The highest BCUT2D eigenvalue weighted by atomic mass is 16.1. The molecular weight excluding hydrogens is 322 g/mol. The zero-order chi connectivity index (χ0) is 17.9. The minimum absolute atomic E-state index is 0.111. The molecule has 0 bridgehead atoms. The van der Waals surface area contributed by atoms with E-state index in [-0.39, 0.29) is 17.9 Å². The Hall–Kier alpha value is -3.02. The second-order valence-electron chi connectivity index (χ2n) is 6.00. The summed E-state index contributed by atoms with van der Waals surface area (Å²) in [5, 5.41) is 15.3. The molecule has 25 heavy (non-hydrogen) atoms. The fourth-order valence-electron chi connectivity index (χ4n) is 2.59. The molecule has 1 amide bonds. The van der Waals surface area contributed by atoms with Crippen LogP contribution in [0.5, 0.6) is 0 Å². The van der Waals surface area contributed by atoms with Crippen molar-refractivity contribution in [3.05, 3.63) is 22.4 Å². The van der Waals surface area contributed by atoms with Crippen molar-refractivity contribution < 1.29 is 4.79 Å². The number of amides is 1. The second kappa shape index (κ2) is 6.84. The molecule has 1 aliphatic heterocycles. The van der Waals surface area contributed by atoms with Crippen molar-refractivity contribution in [3.63, 3.8) is 0 Å². The predicted molar refractivity (Wildman–Crippen MR) is 90.7 cm³/mol. The van der Waals surface area contributed by atoms with Crippen LogP contribution in [-0.2, 0) is 18.3 Å². The third-order valence-corrected chi connectivity index (χ3v) is 4.14. The summed E-state index contributed by atoms with van der Waals surface area (Å²) in [7, 11) is 1.72. The predicted octanol–water partition coefficient (Wildman–Crippen LogP) is 0.671. The van der Waals surface area contributed by atoms with Crippen molar-refractivity contribution in [3.8, 4) is 12.3 Å². The molecule has 130 valence electrons. The van der Waals surface area contributed by atoms with E-state index >= 15 is 0 Å². The van der Waals surface area contributed by atoms with E-state index in [4.69, 9.17) is 6.42 Å². The van der Waals surface area contributed by atoms with Crippen LogP contribution in [0, 0.1) is 12.3 Å². The van der Waals surface area contributed by atoms with Gasteiger partial charge in [0, 0.05) is 45.7 Å². The molecule has 9 nitrogen and oxygen atoms in total. The van der Waals surface area contributed by atoms with Gasteiger partial charge in [0.05, 0.1) is 6.20 Å². The molecule has 0 unspecified atom stereocenters. The summed E-state index contributed by atoms with van der Waals surface area (Å²) < 4.78 is 1.53. The zero-order valence-corrected chi connectivity index (χ0v) is 13.9. The Morgan fingerprint density at radius 3 is 2.96 bits per heavy atom. The van der Waals surface area contributed by atoms with Gasteiger partial charge in [0.2, 0.25) is 5.91 Å². The van der Waals surface area contributed by atoms with Gasteiger partial charge in [0.25, 0.3) is 5.56 Å². The topological polar surface area (TPSA) is 117 Å². The molecule has 2 aromatic heterocycles. The molecule has 0 saturated carbocycles. The fourth-order valence-corrected chi connectivity index (χ4v) is 2.59. The van der Waals surface area contributed by atoms with Gasteiger partial charge < -0.3 is 10.3 Å². The van der Waals surface area contributed by atoms with Crippen LogP contribution in [-0.4, -0.2) is 37.9 Å². The first-order valence-electron chi connectivity index (χ1n) is 8.08. The average molecular weight is 341 g/mol. The van der Waals surface area contributed by atoms with Crippen molar-refractivity contribution in [1.29, 1.82) is 0 Å². The number of hydrogen-bond acceptors (Lipinski definition) is 6. The largest absolute Gasteiger partial charge is 0.356 e. The highest BCUT2D eigenvalue weighted by Crippen LogP contribution is 2.35. The van der Waals surface area contributed by atoms with Crippen LogP contribution in [0.15, 0.2) is 21.2 Å². The Balaban J connectivity index is 1.47.